The van der Waals surface area contributed by atoms with Gasteiger partial charge >= 0.3 is 6.18 Å². The predicted octanol–water partition coefficient (Wildman–Crippen LogP) is 5.11. The summed E-state index contributed by atoms with van der Waals surface area (Å²) in [5, 5.41) is 5.32. The molecule has 144 valence electrons. The molecule has 28 heavy (non-hydrogen) atoms. The molecule has 3 aromatic rings. The normalized spacial score (nSPS) is 11.2. The lowest BCUT2D eigenvalue weighted by molar-refractivity contribution is -0.136. The number of aryl methyl sites for hydroxylation is 2. The molecule has 2 aromatic carbocycles. The molecule has 0 saturated heterocycles. The van der Waals surface area contributed by atoms with Crippen molar-refractivity contribution >= 4 is 23.2 Å². The summed E-state index contributed by atoms with van der Waals surface area (Å²) in [6.45, 7) is 3.73. The number of hydrogen-bond acceptors (Lipinski definition) is 4. The summed E-state index contributed by atoms with van der Waals surface area (Å²) < 4.78 is 39.4. The first-order chi connectivity index (χ1) is 13.3. The van der Waals surface area contributed by atoms with Crippen LogP contribution >= 0.6 is 0 Å². The molecule has 0 bridgehead atoms. The van der Waals surface area contributed by atoms with Gasteiger partial charge in [-0.1, -0.05) is 30.3 Å². The lowest BCUT2D eigenvalue weighted by Crippen LogP contribution is -2.16. The first-order valence-corrected chi connectivity index (χ1v) is 8.39. The highest BCUT2D eigenvalue weighted by Gasteiger charge is 2.33. The van der Waals surface area contributed by atoms with Crippen LogP contribution in [0.2, 0.25) is 0 Å². The standard InChI is InChI=1S/C20H17F3N4O/c1-12-6-5-7-13(2)17(12)27-18(28)16-10-11-24-19(26-16)25-15-9-4-3-8-14(15)20(21,22)23/h3-11H,1-2H3,(H,27,28)(H,24,25,26). The molecule has 0 atom stereocenters. The quantitative estimate of drug-likeness (QED) is 0.654. The van der Waals surface area contributed by atoms with Crippen LogP contribution in [-0.4, -0.2) is 15.9 Å². The summed E-state index contributed by atoms with van der Waals surface area (Å²) in [5.41, 5.74) is 1.44. The number of halogens is 3. The van der Waals surface area contributed by atoms with E-state index in [1.54, 1.807) is 0 Å². The number of nitrogens with one attached hydrogen (secondary N) is 2. The van der Waals surface area contributed by atoms with E-state index in [-0.39, 0.29) is 17.3 Å². The van der Waals surface area contributed by atoms with Crippen LogP contribution in [0.15, 0.2) is 54.7 Å². The fourth-order valence-electron chi connectivity index (χ4n) is 2.69. The van der Waals surface area contributed by atoms with Crippen LogP contribution in [0.5, 0.6) is 0 Å². The van der Waals surface area contributed by atoms with Crippen molar-refractivity contribution in [1.29, 1.82) is 0 Å². The van der Waals surface area contributed by atoms with Gasteiger partial charge in [0.25, 0.3) is 5.91 Å². The molecule has 0 aliphatic heterocycles. The number of alkyl halides is 3. The van der Waals surface area contributed by atoms with Gasteiger partial charge in [0.05, 0.1) is 11.3 Å². The van der Waals surface area contributed by atoms with E-state index < -0.39 is 17.6 Å². The van der Waals surface area contributed by atoms with E-state index in [2.05, 4.69) is 20.6 Å². The first kappa shape index (κ1) is 19.3. The summed E-state index contributed by atoms with van der Waals surface area (Å²) in [6, 6.07) is 12.0. The van der Waals surface area contributed by atoms with Gasteiger partial charge in [0.15, 0.2) is 0 Å². The maximum absolute atomic E-state index is 13.1. The molecule has 1 aromatic heterocycles. The van der Waals surface area contributed by atoms with Gasteiger partial charge in [0, 0.05) is 11.9 Å². The van der Waals surface area contributed by atoms with E-state index in [4.69, 9.17) is 0 Å². The minimum atomic E-state index is -4.53. The van der Waals surface area contributed by atoms with Crippen LogP contribution in [0.3, 0.4) is 0 Å². The van der Waals surface area contributed by atoms with Crippen LogP contribution < -0.4 is 10.6 Å². The Kier molecular flexibility index (Phi) is 5.30. The summed E-state index contributed by atoms with van der Waals surface area (Å²) in [6.07, 6.45) is -3.22. The van der Waals surface area contributed by atoms with Crippen LogP contribution in [0.1, 0.15) is 27.2 Å². The highest BCUT2D eigenvalue weighted by atomic mass is 19.4. The Bertz CT molecular complexity index is 998. The molecule has 0 radical (unpaired) electrons. The number of aromatic nitrogens is 2. The van der Waals surface area contributed by atoms with Gasteiger partial charge in [0.1, 0.15) is 5.69 Å². The van der Waals surface area contributed by atoms with Crippen molar-refractivity contribution < 1.29 is 18.0 Å². The van der Waals surface area contributed by atoms with Crippen LogP contribution in [0, 0.1) is 13.8 Å². The highest BCUT2D eigenvalue weighted by molar-refractivity contribution is 6.03. The maximum Gasteiger partial charge on any atom is 0.418 e. The molecule has 0 saturated carbocycles. The third-order valence-electron chi connectivity index (χ3n) is 4.09. The van der Waals surface area contributed by atoms with E-state index in [1.807, 2.05) is 32.0 Å². The second kappa shape index (κ2) is 7.67. The molecule has 0 spiro atoms. The molecule has 1 heterocycles. The average Bonchev–Trinajstić information content (AvgIpc) is 2.64. The highest BCUT2D eigenvalue weighted by Crippen LogP contribution is 2.35. The SMILES string of the molecule is Cc1cccc(C)c1NC(=O)c1ccnc(Nc2ccccc2C(F)(F)F)n1. The molecule has 3 rings (SSSR count). The van der Waals surface area contributed by atoms with E-state index in [9.17, 15) is 18.0 Å². The molecule has 2 N–H and O–H groups in total. The number of nitrogens with zero attached hydrogens (tertiary/aromatic N) is 2. The Labute approximate surface area is 159 Å². The zero-order valence-electron chi connectivity index (χ0n) is 15.1. The van der Waals surface area contributed by atoms with E-state index in [1.165, 1.54) is 30.5 Å². The van der Waals surface area contributed by atoms with Crippen molar-refractivity contribution in [3.8, 4) is 0 Å². The molecular weight excluding hydrogens is 369 g/mol. The molecule has 1 amide bonds. The minimum Gasteiger partial charge on any atom is -0.324 e. The smallest absolute Gasteiger partial charge is 0.324 e. The summed E-state index contributed by atoms with van der Waals surface area (Å²) in [7, 11) is 0. The van der Waals surface area contributed by atoms with Gasteiger partial charge in [-0.05, 0) is 43.2 Å². The van der Waals surface area contributed by atoms with Crippen molar-refractivity contribution in [2.24, 2.45) is 0 Å². The summed E-state index contributed by atoms with van der Waals surface area (Å²) in [4.78, 5) is 20.5. The second-order valence-corrected chi connectivity index (χ2v) is 6.15. The van der Waals surface area contributed by atoms with Crippen molar-refractivity contribution in [2.45, 2.75) is 20.0 Å². The number of para-hydroxylation sites is 2. The third kappa shape index (κ3) is 4.28. The molecule has 5 nitrogen and oxygen atoms in total. The molecule has 0 aliphatic rings. The third-order valence-corrected chi connectivity index (χ3v) is 4.09. The number of amides is 1. The fraction of sp³-hybridized carbons (Fsp3) is 0.150. The Morgan fingerprint density at radius 3 is 2.32 bits per heavy atom. The number of carbonyl (C=O) groups excluding carboxylic acids is 1. The van der Waals surface area contributed by atoms with Crippen LogP contribution in [0.25, 0.3) is 0 Å². The maximum atomic E-state index is 13.1. The lowest BCUT2D eigenvalue weighted by Gasteiger charge is -2.14. The average molecular weight is 386 g/mol. The van der Waals surface area contributed by atoms with Crippen molar-refractivity contribution in [1.82, 2.24) is 9.97 Å². The Morgan fingerprint density at radius 1 is 0.964 bits per heavy atom. The number of carbonyl (C=O) groups is 1. The number of benzene rings is 2. The van der Waals surface area contributed by atoms with Crippen molar-refractivity contribution in [3.05, 3.63) is 77.1 Å². The lowest BCUT2D eigenvalue weighted by atomic mass is 10.1. The Morgan fingerprint density at radius 2 is 1.64 bits per heavy atom. The van der Waals surface area contributed by atoms with Gasteiger partial charge in [-0.3, -0.25) is 4.79 Å². The van der Waals surface area contributed by atoms with Crippen molar-refractivity contribution in [3.63, 3.8) is 0 Å². The molecule has 0 unspecified atom stereocenters. The molecule has 0 fully saturated rings. The molecular formula is C20H17F3N4O. The number of rotatable bonds is 4. The fourth-order valence-corrected chi connectivity index (χ4v) is 2.69. The van der Waals surface area contributed by atoms with Crippen LogP contribution in [0.4, 0.5) is 30.5 Å². The topological polar surface area (TPSA) is 66.9 Å². The predicted molar refractivity (Wildman–Crippen MR) is 101 cm³/mol. The van der Waals surface area contributed by atoms with E-state index >= 15 is 0 Å². The van der Waals surface area contributed by atoms with Gasteiger partial charge < -0.3 is 10.6 Å². The van der Waals surface area contributed by atoms with Gasteiger partial charge in [-0.25, -0.2) is 9.97 Å². The van der Waals surface area contributed by atoms with Gasteiger partial charge in [-0.2, -0.15) is 13.2 Å². The van der Waals surface area contributed by atoms with Crippen LogP contribution in [-0.2, 0) is 6.18 Å². The monoisotopic (exact) mass is 386 g/mol. The first-order valence-electron chi connectivity index (χ1n) is 8.39. The molecule has 8 heteroatoms. The number of hydrogen-bond donors (Lipinski definition) is 2. The van der Waals surface area contributed by atoms with Gasteiger partial charge in [0.2, 0.25) is 5.95 Å². The minimum absolute atomic E-state index is 0.0321. The largest absolute Gasteiger partial charge is 0.418 e. The van der Waals surface area contributed by atoms with Gasteiger partial charge in [-0.15, -0.1) is 0 Å². The summed E-state index contributed by atoms with van der Waals surface area (Å²) >= 11 is 0. The summed E-state index contributed by atoms with van der Waals surface area (Å²) in [5.74, 6) is -0.585. The second-order valence-electron chi connectivity index (χ2n) is 6.15. The zero-order chi connectivity index (χ0) is 20.3. The Hall–Kier alpha value is -3.42. The number of anilines is 3. The molecule has 0 aliphatic carbocycles. The van der Waals surface area contributed by atoms with Crippen molar-refractivity contribution in [2.75, 3.05) is 10.6 Å². The van der Waals surface area contributed by atoms with E-state index in [0.29, 0.717) is 5.69 Å². The van der Waals surface area contributed by atoms with E-state index in [0.717, 1.165) is 17.2 Å². The zero-order valence-corrected chi connectivity index (χ0v) is 15.1. The Balaban J connectivity index is 1.85.